The fourth-order valence-electron chi connectivity index (χ4n) is 4.48. The summed E-state index contributed by atoms with van der Waals surface area (Å²) < 4.78 is 40.4. The Morgan fingerprint density at radius 1 is 0.909 bits per heavy atom. The van der Waals surface area contributed by atoms with Gasteiger partial charge in [0.05, 0.1) is 10.8 Å². The molecule has 9 heteroatoms. The number of amides is 2. The van der Waals surface area contributed by atoms with Gasteiger partial charge in [-0.05, 0) is 62.1 Å². The zero-order chi connectivity index (χ0) is 23.4. The molecule has 2 heterocycles. The van der Waals surface area contributed by atoms with Crippen molar-refractivity contribution in [3.8, 4) is 0 Å². The van der Waals surface area contributed by atoms with E-state index in [4.69, 9.17) is 0 Å². The quantitative estimate of drug-likeness (QED) is 0.723. The number of piperidine rings is 2. The van der Waals surface area contributed by atoms with Crippen LogP contribution in [0.4, 0.5) is 4.39 Å². The number of carbonyl (C=O) groups excluding carboxylic acids is 2. The van der Waals surface area contributed by atoms with Crippen molar-refractivity contribution in [1.29, 1.82) is 0 Å². The van der Waals surface area contributed by atoms with E-state index in [1.54, 1.807) is 17.0 Å². The molecule has 0 aliphatic carbocycles. The number of likely N-dealkylation sites (tertiary alicyclic amines) is 1. The highest BCUT2D eigenvalue weighted by Crippen LogP contribution is 2.26. The fraction of sp³-hybridized carbons (Fsp3) is 0.417. The number of hydrogen-bond acceptors (Lipinski definition) is 4. The first kappa shape index (κ1) is 23.4. The summed E-state index contributed by atoms with van der Waals surface area (Å²) >= 11 is 0. The van der Waals surface area contributed by atoms with Gasteiger partial charge in [0.1, 0.15) is 5.82 Å². The van der Waals surface area contributed by atoms with E-state index in [0.717, 1.165) is 12.1 Å². The van der Waals surface area contributed by atoms with Crippen LogP contribution in [0, 0.1) is 11.7 Å². The van der Waals surface area contributed by atoms with Crippen LogP contribution in [0.1, 0.15) is 36.0 Å². The van der Waals surface area contributed by atoms with Crippen LogP contribution in [0.5, 0.6) is 0 Å². The SMILES string of the molecule is O=C(NC1CCN(C(=O)C2CCCN(S(=O)(=O)c3ccc(F)cc3)C2)CC1)c1ccccc1. The first-order valence-corrected chi connectivity index (χ1v) is 12.7. The average Bonchev–Trinajstić information content (AvgIpc) is 2.85. The lowest BCUT2D eigenvalue weighted by atomic mass is 9.96. The minimum atomic E-state index is -3.78. The minimum Gasteiger partial charge on any atom is -0.349 e. The number of benzene rings is 2. The lowest BCUT2D eigenvalue weighted by Gasteiger charge is -2.37. The molecule has 0 saturated carbocycles. The van der Waals surface area contributed by atoms with E-state index >= 15 is 0 Å². The van der Waals surface area contributed by atoms with Crippen molar-refractivity contribution in [1.82, 2.24) is 14.5 Å². The van der Waals surface area contributed by atoms with Crippen LogP contribution in [-0.2, 0) is 14.8 Å². The van der Waals surface area contributed by atoms with Crippen LogP contribution in [0.15, 0.2) is 59.5 Å². The van der Waals surface area contributed by atoms with E-state index in [1.807, 2.05) is 18.2 Å². The van der Waals surface area contributed by atoms with E-state index in [1.165, 1.54) is 16.4 Å². The first-order chi connectivity index (χ1) is 15.8. The Balaban J connectivity index is 1.32. The molecule has 2 saturated heterocycles. The molecule has 0 radical (unpaired) electrons. The highest BCUT2D eigenvalue weighted by atomic mass is 32.2. The molecule has 2 aromatic rings. The molecule has 7 nitrogen and oxygen atoms in total. The second-order valence-corrected chi connectivity index (χ2v) is 10.5. The zero-order valence-corrected chi connectivity index (χ0v) is 19.1. The van der Waals surface area contributed by atoms with Crippen LogP contribution in [0.2, 0.25) is 0 Å². The maximum absolute atomic E-state index is 13.2. The van der Waals surface area contributed by atoms with E-state index in [-0.39, 0.29) is 29.3 Å². The topological polar surface area (TPSA) is 86.8 Å². The van der Waals surface area contributed by atoms with Gasteiger partial charge < -0.3 is 10.2 Å². The molecule has 0 aromatic heterocycles. The Bertz CT molecular complexity index is 1080. The molecular formula is C24H28FN3O4S. The third-order valence-corrected chi connectivity index (χ3v) is 8.24. The highest BCUT2D eigenvalue weighted by molar-refractivity contribution is 7.89. The largest absolute Gasteiger partial charge is 0.349 e. The lowest BCUT2D eigenvalue weighted by molar-refractivity contribution is -0.137. The van der Waals surface area contributed by atoms with Gasteiger partial charge in [0.2, 0.25) is 15.9 Å². The summed E-state index contributed by atoms with van der Waals surface area (Å²) in [5.41, 5.74) is 0.612. The average molecular weight is 474 g/mol. The number of nitrogens with zero attached hydrogens (tertiary/aromatic N) is 2. The van der Waals surface area contributed by atoms with E-state index in [0.29, 0.717) is 50.9 Å². The predicted molar refractivity (Wildman–Crippen MR) is 121 cm³/mol. The van der Waals surface area contributed by atoms with Gasteiger partial charge in [-0.15, -0.1) is 0 Å². The van der Waals surface area contributed by atoms with Crippen molar-refractivity contribution < 1.29 is 22.4 Å². The van der Waals surface area contributed by atoms with Gasteiger partial charge >= 0.3 is 0 Å². The fourth-order valence-corrected chi connectivity index (χ4v) is 6.00. The van der Waals surface area contributed by atoms with Gasteiger partial charge in [0.25, 0.3) is 5.91 Å². The normalized spacial score (nSPS) is 20.4. The van der Waals surface area contributed by atoms with E-state index < -0.39 is 21.8 Å². The van der Waals surface area contributed by atoms with Gasteiger partial charge in [0, 0.05) is 37.8 Å². The monoisotopic (exact) mass is 473 g/mol. The summed E-state index contributed by atoms with van der Waals surface area (Å²) in [4.78, 5) is 27.3. The van der Waals surface area contributed by atoms with Crippen LogP contribution < -0.4 is 5.32 Å². The Labute approximate surface area is 193 Å². The second-order valence-electron chi connectivity index (χ2n) is 8.60. The molecule has 4 rings (SSSR count). The Morgan fingerprint density at radius 3 is 2.24 bits per heavy atom. The van der Waals surface area contributed by atoms with Crippen molar-refractivity contribution in [3.05, 3.63) is 66.0 Å². The molecule has 1 atom stereocenters. The number of hydrogen-bond donors (Lipinski definition) is 1. The zero-order valence-electron chi connectivity index (χ0n) is 18.3. The molecule has 176 valence electrons. The summed E-state index contributed by atoms with van der Waals surface area (Å²) in [6, 6.07) is 13.8. The molecule has 2 aromatic carbocycles. The van der Waals surface area contributed by atoms with Crippen molar-refractivity contribution in [2.45, 2.75) is 36.6 Å². The third-order valence-electron chi connectivity index (χ3n) is 6.36. The first-order valence-electron chi connectivity index (χ1n) is 11.2. The lowest BCUT2D eigenvalue weighted by Crippen LogP contribution is -2.51. The second kappa shape index (κ2) is 10.0. The molecule has 2 aliphatic heterocycles. The maximum Gasteiger partial charge on any atom is 0.251 e. The molecule has 33 heavy (non-hydrogen) atoms. The Hall–Kier alpha value is -2.78. The van der Waals surface area contributed by atoms with Gasteiger partial charge in [0.15, 0.2) is 0 Å². The number of nitrogens with one attached hydrogen (secondary N) is 1. The summed E-state index contributed by atoms with van der Waals surface area (Å²) in [5, 5.41) is 3.03. The summed E-state index contributed by atoms with van der Waals surface area (Å²) in [6.45, 7) is 1.53. The number of sulfonamides is 1. The Morgan fingerprint density at radius 2 is 1.58 bits per heavy atom. The van der Waals surface area contributed by atoms with Crippen LogP contribution in [0.25, 0.3) is 0 Å². The smallest absolute Gasteiger partial charge is 0.251 e. The van der Waals surface area contributed by atoms with Gasteiger partial charge in [-0.1, -0.05) is 18.2 Å². The summed E-state index contributed by atoms with van der Waals surface area (Å²) in [5.74, 6) is -1.05. The standard InChI is InChI=1S/C24H28FN3O4S/c25-20-8-10-22(11-9-20)33(31,32)28-14-4-7-19(17-28)24(30)27-15-12-21(13-16-27)26-23(29)18-5-2-1-3-6-18/h1-3,5-6,8-11,19,21H,4,7,12-17H2,(H,26,29). The van der Waals surface area contributed by atoms with Crippen LogP contribution in [-0.4, -0.2) is 61.7 Å². The molecule has 2 amide bonds. The van der Waals surface area contributed by atoms with Gasteiger partial charge in [-0.3, -0.25) is 9.59 Å². The maximum atomic E-state index is 13.2. The van der Waals surface area contributed by atoms with Gasteiger partial charge in [-0.25, -0.2) is 12.8 Å². The minimum absolute atomic E-state index is 0.00321. The summed E-state index contributed by atoms with van der Waals surface area (Å²) in [7, 11) is -3.78. The molecular weight excluding hydrogens is 445 g/mol. The van der Waals surface area contributed by atoms with E-state index in [9.17, 15) is 22.4 Å². The molecule has 0 bridgehead atoms. The van der Waals surface area contributed by atoms with Crippen molar-refractivity contribution in [2.24, 2.45) is 5.92 Å². The molecule has 2 aliphatic rings. The molecule has 2 fully saturated rings. The number of halogens is 1. The predicted octanol–water partition coefficient (Wildman–Crippen LogP) is 2.65. The Kier molecular flexibility index (Phi) is 7.09. The van der Waals surface area contributed by atoms with Crippen LogP contribution in [0.3, 0.4) is 0 Å². The molecule has 0 spiro atoms. The van der Waals surface area contributed by atoms with Crippen molar-refractivity contribution in [3.63, 3.8) is 0 Å². The third kappa shape index (κ3) is 5.42. The molecule has 1 unspecified atom stereocenters. The van der Waals surface area contributed by atoms with E-state index in [2.05, 4.69) is 5.32 Å². The van der Waals surface area contributed by atoms with Crippen LogP contribution >= 0.6 is 0 Å². The number of carbonyl (C=O) groups is 2. The highest BCUT2D eigenvalue weighted by Gasteiger charge is 2.36. The van der Waals surface area contributed by atoms with Crippen molar-refractivity contribution >= 4 is 21.8 Å². The number of rotatable bonds is 5. The van der Waals surface area contributed by atoms with Crippen molar-refractivity contribution in [2.75, 3.05) is 26.2 Å². The summed E-state index contributed by atoms with van der Waals surface area (Å²) in [6.07, 6.45) is 2.56. The molecule has 1 N–H and O–H groups in total. The van der Waals surface area contributed by atoms with Gasteiger partial charge in [-0.2, -0.15) is 4.31 Å².